The zero-order valence-corrected chi connectivity index (χ0v) is 19.3. The lowest BCUT2D eigenvalue weighted by Crippen LogP contribution is -2.29. The molecule has 1 N–H and O–H groups in total. The summed E-state index contributed by atoms with van der Waals surface area (Å²) in [5, 5.41) is 16.2. The fraction of sp³-hybridized carbons (Fsp3) is 0.167. The molecule has 0 spiro atoms. The number of aromatic amines is 1. The van der Waals surface area contributed by atoms with Gasteiger partial charge in [-0.05, 0) is 47.9 Å². The molecular formula is C24H20N6OS2. The van der Waals surface area contributed by atoms with Gasteiger partial charge in [-0.1, -0.05) is 71.7 Å². The molecule has 4 aromatic rings. The lowest BCUT2D eigenvalue weighted by Gasteiger charge is -2.13. The molecule has 1 aliphatic heterocycles. The summed E-state index contributed by atoms with van der Waals surface area (Å²) in [6.07, 6.45) is 4.20. The van der Waals surface area contributed by atoms with Gasteiger partial charge >= 0.3 is 0 Å². The number of carbonyl (C=O) groups is 1. The third kappa shape index (κ3) is 4.84. The summed E-state index contributed by atoms with van der Waals surface area (Å²) in [6, 6.07) is 20.4. The van der Waals surface area contributed by atoms with Gasteiger partial charge in [-0.2, -0.15) is 5.21 Å². The standard InChI is InChI=1S/C24H20N6OS2/c31-23-21(33-24(32)30(23)13-4-3-10-22-26-28-29-27-22)15-19-8-5-9-20(25-19)18-12-11-16-6-1-2-7-17(16)14-18/h1-2,5-9,11-12,14-15H,3-4,10,13H2,(H,26,27,28,29). The number of aryl methyl sites for hydroxylation is 1. The van der Waals surface area contributed by atoms with E-state index in [1.54, 1.807) is 4.90 Å². The monoisotopic (exact) mass is 472 g/mol. The Morgan fingerprint density at radius 1 is 1.03 bits per heavy atom. The molecule has 2 aromatic carbocycles. The van der Waals surface area contributed by atoms with Crippen molar-refractivity contribution in [1.82, 2.24) is 30.5 Å². The maximum Gasteiger partial charge on any atom is 0.266 e. The number of carbonyl (C=O) groups excluding carboxylic acids is 1. The Morgan fingerprint density at radius 3 is 2.76 bits per heavy atom. The molecule has 1 saturated heterocycles. The van der Waals surface area contributed by atoms with E-state index in [1.807, 2.05) is 36.4 Å². The maximum absolute atomic E-state index is 12.9. The highest BCUT2D eigenvalue weighted by Gasteiger charge is 2.31. The Hall–Kier alpha value is -3.43. The molecule has 3 heterocycles. The zero-order valence-electron chi connectivity index (χ0n) is 17.6. The fourth-order valence-corrected chi connectivity index (χ4v) is 5.00. The van der Waals surface area contributed by atoms with E-state index >= 15 is 0 Å². The van der Waals surface area contributed by atoms with Gasteiger partial charge in [0.1, 0.15) is 4.32 Å². The third-order valence-corrected chi connectivity index (χ3v) is 6.77. The van der Waals surface area contributed by atoms with Gasteiger partial charge in [-0.15, -0.1) is 10.2 Å². The second-order valence-electron chi connectivity index (χ2n) is 7.63. The van der Waals surface area contributed by atoms with Gasteiger partial charge in [-0.3, -0.25) is 9.69 Å². The largest absolute Gasteiger partial charge is 0.293 e. The van der Waals surface area contributed by atoms with E-state index < -0.39 is 0 Å². The van der Waals surface area contributed by atoms with E-state index in [9.17, 15) is 4.79 Å². The number of hydrogen-bond acceptors (Lipinski definition) is 7. The number of tetrazole rings is 1. The van der Waals surface area contributed by atoms with E-state index in [0.717, 1.165) is 29.8 Å². The van der Waals surface area contributed by atoms with E-state index in [0.29, 0.717) is 28.0 Å². The number of nitrogens with one attached hydrogen (secondary N) is 1. The van der Waals surface area contributed by atoms with Crippen LogP contribution in [0.15, 0.2) is 65.6 Å². The van der Waals surface area contributed by atoms with Crippen LogP contribution in [0.4, 0.5) is 0 Å². The Labute approximate surface area is 200 Å². The van der Waals surface area contributed by atoms with Crippen LogP contribution < -0.4 is 0 Å². The molecule has 164 valence electrons. The number of pyridine rings is 1. The molecule has 0 atom stereocenters. The predicted octanol–water partition coefficient (Wildman–Crippen LogP) is 4.64. The maximum atomic E-state index is 12.9. The molecule has 7 nitrogen and oxygen atoms in total. The quantitative estimate of drug-likeness (QED) is 0.238. The third-order valence-electron chi connectivity index (χ3n) is 5.39. The van der Waals surface area contributed by atoms with Crippen molar-refractivity contribution in [3.05, 3.63) is 77.1 Å². The summed E-state index contributed by atoms with van der Waals surface area (Å²) in [7, 11) is 0. The van der Waals surface area contributed by atoms with E-state index in [1.165, 1.54) is 22.5 Å². The molecule has 0 aliphatic carbocycles. The van der Waals surface area contributed by atoms with Gasteiger partial charge in [0.15, 0.2) is 5.82 Å². The van der Waals surface area contributed by atoms with Crippen LogP contribution in [0, 0.1) is 0 Å². The lowest BCUT2D eigenvalue weighted by atomic mass is 10.0. The molecule has 1 amide bonds. The van der Waals surface area contributed by atoms with E-state index in [2.05, 4.69) is 51.0 Å². The fourth-order valence-electron chi connectivity index (χ4n) is 3.71. The SMILES string of the molecule is O=C1C(=Cc2cccc(-c3ccc4ccccc4c3)n2)SC(=S)N1CCCCc1nn[nH]n1. The molecule has 0 unspecified atom stereocenters. The van der Waals surface area contributed by atoms with Gasteiger partial charge in [0.05, 0.1) is 16.3 Å². The summed E-state index contributed by atoms with van der Waals surface area (Å²) in [6.45, 7) is 0.574. The van der Waals surface area contributed by atoms with Crippen LogP contribution in [0.5, 0.6) is 0 Å². The van der Waals surface area contributed by atoms with Crippen LogP contribution in [0.3, 0.4) is 0 Å². The molecule has 1 aliphatic rings. The minimum absolute atomic E-state index is 0.0672. The Morgan fingerprint density at radius 2 is 1.91 bits per heavy atom. The second kappa shape index (κ2) is 9.60. The number of benzene rings is 2. The van der Waals surface area contributed by atoms with Crippen LogP contribution in [0.25, 0.3) is 28.1 Å². The normalized spacial score (nSPS) is 15.2. The van der Waals surface area contributed by atoms with Crippen molar-refractivity contribution in [2.24, 2.45) is 0 Å². The number of nitrogens with zero attached hydrogens (tertiary/aromatic N) is 5. The molecule has 0 radical (unpaired) electrons. The predicted molar refractivity (Wildman–Crippen MR) is 134 cm³/mol. The van der Waals surface area contributed by atoms with Crippen LogP contribution in [0.2, 0.25) is 0 Å². The van der Waals surface area contributed by atoms with Gasteiger partial charge in [0.25, 0.3) is 5.91 Å². The smallest absolute Gasteiger partial charge is 0.266 e. The van der Waals surface area contributed by atoms with Crippen LogP contribution >= 0.6 is 24.0 Å². The molecular weight excluding hydrogens is 452 g/mol. The minimum atomic E-state index is -0.0672. The highest BCUT2D eigenvalue weighted by atomic mass is 32.2. The number of thiocarbonyl (C=S) groups is 1. The first-order valence-electron chi connectivity index (χ1n) is 10.6. The Bertz CT molecular complexity index is 1350. The van der Waals surface area contributed by atoms with Crippen molar-refractivity contribution in [1.29, 1.82) is 0 Å². The second-order valence-corrected chi connectivity index (χ2v) is 9.30. The highest BCUT2D eigenvalue weighted by Crippen LogP contribution is 2.33. The van der Waals surface area contributed by atoms with Crippen molar-refractivity contribution in [2.45, 2.75) is 19.3 Å². The number of aromatic nitrogens is 5. The molecule has 2 aromatic heterocycles. The number of hydrogen-bond donors (Lipinski definition) is 1. The van der Waals surface area contributed by atoms with Crippen molar-refractivity contribution >= 4 is 51.1 Å². The molecule has 5 rings (SSSR count). The lowest BCUT2D eigenvalue weighted by molar-refractivity contribution is -0.122. The van der Waals surface area contributed by atoms with Crippen LogP contribution in [-0.4, -0.2) is 47.3 Å². The number of unbranched alkanes of at least 4 members (excludes halogenated alkanes) is 1. The number of thioether (sulfide) groups is 1. The number of fused-ring (bicyclic) bond motifs is 1. The summed E-state index contributed by atoms with van der Waals surface area (Å²) in [5.74, 6) is 0.611. The topological polar surface area (TPSA) is 87.7 Å². The summed E-state index contributed by atoms with van der Waals surface area (Å²) < 4.78 is 0.580. The minimum Gasteiger partial charge on any atom is -0.293 e. The molecule has 1 fully saturated rings. The number of amides is 1. The van der Waals surface area contributed by atoms with Crippen LogP contribution in [-0.2, 0) is 11.2 Å². The van der Waals surface area contributed by atoms with Gasteiger partial charge in [0.2, 0.25) is 0 Å². The molecule has 0 saturated carbocycles. The molecule has 0 bridgehead atoms. The highest BCUT2D eigenvalue weighted by molar-refractivity contribution is 8.26. The Balaban J connectivity index is 1.28. The van der Waals surface area contributed by atoms with Gasteiger partial charge in [-0.25, -0.2) is 4.98 Å². The summed E-state index contributed by atoms with van der Waals surface area (Å²) in [5.41, 5.74) is 2.64. The first-order chi connectivity index (χ1) is 16.2. The molecule has 9 heteroatoms. The van der Waals surface area contributed by atoms with Gasteiger partial charge in [0, 0.05) is 18.5 Å². The first kappa shape index (κ1) is 21.4. The summed E-state index contributed by atoms with van der Waals surface area (Å²) in [4.78, 5) is 20.0. The van der Waals surface area contributed by atoms with Gasteiger partial charge < -0.3 is 0 Å². The Kier molecular flexibility index (Phi) is 6.23. The van der Waals surface area contributed by atoms with Crippen LogP contribution in [0.1, 0.15) is 24.4 Å². The van der Waals surface area contributed by atoms with E-state index in [4.69, 9.17) is 17.2 Å². The number of rotatable bonds is 7. The summed E-state index contributed by atoms with van der Waals surface area (Å²) >= 11 is 6.78. The van der Waals surface area contributed by atoms with Crippen molar-refractivity contribution in [2.75, 3.05) is 6.54 Å². The number of H-pyrrole nitrogens is 1. The van der Waals surface area contributed by atoms with Crippen molar-refractivity contribution in [3.8, 4) is 11.3 Å². The zero-order chi connectivity index (χ0) is 22.6. The first-order valence-corrected chi connectivity index (χ1v) is 11.8. The van der Waals surface area contributed by atoms with Crippen molar-refractivity contribution in [3.63, 3.8) is 0 Å². The molecule has 33 heavy (non-hydrogen) atoms. The average molecular weight is 473 g/mol. The van der Waals surface area contributed by atoms with E-state index in [-0.39, 0.29) is 5.91 Å². The average Bonchev–Trinajstić information content (AvgIpc) is 3.45. The van der Waals surface area contributed by atoms with Crippen molar-refractivity contribution < 1.29 is 4.79 Å².